The Morgan fingerprint density at radius 3 is 2.46 bits per heavy atom. The fourth-order valence-electron chi connectivity index (χ4n) is 5.30. The third-order valence-electron chi connectivity index (χ3n) is 7.24. The largest absolute Gasteiger partial charge is 0.505 e. The topological polar surface area (TPSA) is 134 Å². The second-order valence-corrected chi connectivity index (χ2v) is 9.91. The first-order valence-corrected chi connectivity index (χ1v) is 13.2. The van der Waals surface area contributed by atoms with E-state index in [0.29, 0.717) is 45.7 Å². The number of nitrogens with one attached hydrogen (secondary N) is 1. The van der Waals surface area contributed by atoms with Gasteiger partial charge in [-0.1, -0.05) is 49.6 Å². The van der Waals surface area contributed by atoms with Crippen molar-refractivity contribution in [2.75, 3.05) is 6.54 Å². The smallest absolute Gasteiger partial charge is 0.305 e. The van der Waals surface area contributed by atoms with Crippen molar-refractivity contribution in [2.45, 2.75) is 45.1 Å². The van der Waals surface area contributed by atoms with Gasteiger partial charge >= 0.3 is 5.97 Å². The van der Waals surface area contributed by atoms with Gasteiger partial charge < -0.3 is 20.1 Å². The van der Waals surface area contributed by atoms with Crippen molar-refractivity contribution in [3.63, 3.8) is 0 Å². The molecule has 5 rings (SSSR count). The molecule has 0 spiro atoms. The van der Waals surface area contributed by atoms with E-state index in [1.807, 2.05) is 30.3 Å². The van der Waals surface area contributed by atoms with E-state index in [1.54, 1.807) is 35.2 Å². The molecule has 0 aliphatic heterocycles. The number of hydrogen-bond donors (Lipinski definition) is 3. The van der Waals surface area contributed by atoms with Crippen molar-refractivity contribution >= 4 is 22.8 Å². The average Bonchev–Trinajstić information content (AvgIpc) is 2.96. The normalized spacial score (nSPS) is 13.8. The van der Waals surface area contributed by atoms with Crippen LogP contribution < -0.4 is 10.9 Å². The summed E-state index contributed by atoms with van der Waals surface area (Å²) in [5.41, 5.74) is 2.07. The van der Waals surface area contributed by atoms with Crippen LogP contribution in [0.2, 0.25) is 0 Å². The van der Waals surface area contributed by atoms with Gasteiger partial charge in [-0.3, -0.25) is 19.4 Å². The molecule has 9 nitrogen and oxygen atoms in total. The highest BCUT2D eigenvalue weighted by Gasteiger charge is 2.26. The fraction of sp³-hybridized carbons (Fsp3) is 0.300. The number of carbonyl (C=O) groups is 2. The number of amides is 1. The summed E-state index contributed by atoms with van der Waals surface area (Å²) in [5.74, 6) is -1.82. The van der Waals surface area contributed by atoms with E-state index in [-0.39, 0.29) is 30.0 Å². The standard InChI is InChI=1S/C30H30N4O5/c35-24(36)13-15-32-29(38)26-28(37)23-16-22(20-10-5-2-6-11-20)30(39)34(18-19-8-3-1-4-9-19)27(23)25(33-26)21-12-7-14-31-17-21/h2,5-7,10-12,14,16-17,19,37H,1,3-4,8-9,13,15,18H2,(H,32,38)(H,35,36). The highest BCUT2D eigenvalue weighted by atomic mass is 16.4. The van der Waals surface area contributed by atoms with Crippen LogP contribution in [0.25, 0.3) is 33.3 Å². The fourth-order valence-corrected chi connectivity index (χ4v) is 5.30. The van der Waals surface area contributed by atoms with Crippen LogP contribution in [0.15, 0.2) is 65.7 Å². The summed E-state index contributed by atoms with van der Waals surface area (Å²) in [4.78, 5) is 46.9. The SMILES string of the molecule is O=C(O)CCNC(=O)c1nc(-c2cccnc2)c2c(cc(-c3ccccc3)c(=O)n2CC2CCCCC2)c1O. The molecular formula is C30H30N4O5. The van der Waals surface area contributed by atoms with Crippen molar-refractivity contribution in [2.24, 2.45) is 5.92 Å². The molecule has 39 heavy (non-hydrogen) atoms. The van der Waals surface area contributed by atoms with Gasteiger partial charge in [-0.15, -0.1) is 0 Å². The first-order chi connectivity index (χ1) is 18.9. The molecule has 3 heterocycles. The molecular weight excluding hydrogens is 496 g/mol. The number of hydrogen-bond acceptors (Lipinski definition) is 6. The number of aromatic nitrogens is 3. The number of carbonyl (C=O) groups excluding carboxylic acids is 1. The molecule has 1 aromatic carbocycles. The number of fused-ring (bicyclic) bond motifs is 1. The quantitative estimate of drug-likeness (QED) is 0.305. The predicted molar refractivity (Wildman–Crippen MR) is 147 cm³/mol. The second-order valence-electron chi connectivity index (χ2n) is 9.91. The molecule has 0 bridgehead atoms. The van der Waals surface area contributed by atoms with Gasteiger partial charge in [0.2, 0.25) is 0 Å². The van der Waals surface area contributed by atoms with Crippen LogP contribution in [0.3, 0.4) is 0 Å². The third-order valence-corrected chi connectivity index (χ3v) is 7.24. The van der Waals surface area contributed by atoms with E-state index >= 15 is 0 Å². The summed E-state index contributed by atoms with van der Waals surface area (Å²) in [6.45, 7) is 0.348. The second kappa shape index (κ2) is 11.5. The Morgan fingerprint density at radius 2 is 1.77 bits per heavy atom. The van der Waals surface area contributed by atoms with Gasteiger partial charge in [0.25, 0.3) is 11.5 Å². The Hall–Kier alpha value is -4.53. The van der Waals surface area contributed by atoms with E-state index in [9.17, 15) is 19.5 Å². The third kappa shape index (κ3) is 5.52. The van der Waals surface area contributed by atoms with Crippen molar-refractivity contribution in [1.29, 1.82) is 0 Å². The number of rotatable bonds is 8. The Morgan fingerprint density at radius 1 is 1.03 bits per heavy atom. The number of carboxylic acid groups (broad SMARTS) is 1. The number of carboxylic acids is 1. The lowest BCUT2D eigenvalue weighted by molar-refractivity contribution is -0.136. The lowest BCUT2D eigenvalue weighted by Gasteiger charge is -2.25. The molecule has 200 valence electrons. The van der Waals surface area contributed by atoms with Crippen LogP contribution in [-0.2, 0) is 11.3 Å². The van der Waals surface area contributed by atoms with Gasteiger partial charge in [0.1, 0.15) is 0 Å². The van der Waals surface area contributed by atoms with E-state index in [0.717, 1.165) is 25.7 Å². The predicted octanol–water partition coefficient (Wildman–Crippen LogP) is 4.62. The van der Waals surface area contributed by atoms with Crippen LogP contribution in [-0.4, -0.2) is 43.2 Å². The van der Waals surface area contributed by atoms with Crippen molar-refractivity contribution in [3.8, 4) is 28.1 Å². The van der Waals surface area contributed by atoms with Crippen molar-refractivity contribution in [3.05, 3.63) is 77.0 Å². The summed E-state index contributed by atoms with van der Waals surface area (Å²) in [7, 11) is 0. The number of aliphatic carboxylic acids is 1. The Labute approximate surface area is 225 Å². The summed E-state index contributed by atoms with van der Waals surface area (Å²) < 4.78 is 1.70. The van der Waals surface area contributed by atoms with E-state index in [1.165, 1.54) is 6.42 Å². The zero-order chi connectivity index (χ0) is 27.4. The Bertz CT molecular complexity index is 1560. The van der Waals surface area contributed by atoms with Crippen molar-refractivity contribution < 1.29 is 19.8 Å². The molecule has 3 aromatic heterocycles. The Balaban J connectivity index is 1.78. The minimum Gasteiger partial charge on any atom is -0.505 e. The molecule has 0 unspecified atom stereocenters. The van der Waals surface area contributed by atoms with E-state index in [2.05, 4.69) is 15.3 Å². The van der Waals surface area contributed by atoms with E-state index in [4.69, 9.17) is 5.11 Å². The molecule has 1 saturated carbocycles. The highest BCUT2D eigenvalue weighted by molar-refractivity contribution is 6.05. The van der Waals surface area contributed by atoms with Crippen LogP contribution in [0, 0.1) is 5.92 Å². The molecule has 3 N–H and O–H groups in total. The molecule has 1 aliphatic rings. The maximum atomic E-state index is 14.1. The van der Waals surface area contributed by atoms with Gasteiger partial charge in [-0.05, 0) is 42.5 Å². The van der Waals surface area contributed by atoms with Crippen LogP contribution in [0.4, 0.5) is 0 Å². The molecule has 4 aromatic rings. The first-order valence-electron chi connectivity index (χ1n) is 13.2. The minimum absolute atomic E-state index is 0.119. The lowest BCUT2D eigenvalue weighted by atomic mass is 9.89. The molecule has 1 amide bonds. The zero-order valence-electron chi connectivity index (χ0n) is 21.5. The van der Waals surface area contributed by atoms with Gasteiger partial charge in [-0.2, -0.15) is 0 Å². The number of pyridine rings is 3. The van der Waals surface area contributed by atoms with Gasteiger partial charge in [0, 0.05) is 42.0 Å². The number of aromatic hydroxyl groups is 1. The molecule has 0 atom stereocenters. The molecule has 0 radical (unpaired) electrons. The average molecular weight is 527 g/mol. The maximum Gasteiger partial charge on any atom is 0.305 e. The van der Waals surface area contributed by atoms with Crippen LogP contribution in [0.1, 0.15) is 49.0 Å². The molecule has 1 aliphatic carbocycles. The Kier molecular flexibility index (Phi) is 7.67. The summed E-state index contributed by atoms with van der Waals surface area (Å²) >= 11 is 0. The van der Waals surface area contributed by atoms with Crippen LogP contribution >= 0.6 is 0 Å². The molecule has 9 heteroatoms. The zero-order valence-corrected chi connectivity index (χ0v) is 21.5. The minimum atomic E-state index is -1.05. The monoisotopic (exact) mass is 526 g/mol. The maximum absolute atomic E-state index is 14.1. The van der Waals surface area contributed by atoms with Crippen LogP contribution in [0.5, 0.6) is 5.75 Å². The van der Waals surface area contributed by atoms with Gasteiger partial charge in [-0.25, -0.2) is 4.98 Å². The number of benzene rings is 1. The summed E-state index contributed by atoms with van der Waals surface area (Å²) in [6.07, 6.45) is 8.36. The van der Waals surface area contributed by atoms with Gasteiger partial charge in [0.05, 0.1) is 17.6 Å². The first kappa shape index (κ1) is 26.1. The van der Waals surface area contributed by atoms with Crippen molar-refractivity contribution in [1.82, 2.24) is 19.9 Å². The summed E-state index contributed by atoms with van der Waals surface area (Å²) in [5, 5.41) is 23.2. The molecule has 1 fully saturated rings. The lowest BCUT2D eigenvalue weighted by Crippen LogP contribution is -2.29. The van der Waals surface area contributed by atoms with E-state index < -0.39 is 11.9 Å². The number of nitrogens with zero attached hydrogens (tertiary/aromatic N) is 3. The molecule has 0 saturated heterocycles. The summed E-state index contributed by atoms with van der Waals surface area (Å²) in [6, 6.07) is 14.4. The van der Waals surface area contributed by atoms with Gasteiger partial charge in [0.15, 0.2) is 11.4 Å². The highest BCUT2D eigenvalue weighted by Crippen LogP contribution is 2.37.